The SMILES string of the molecule is CC1CC=CC(CN(CC2CO2)CC2CO2)C1. The van der Waals surface area contributed by atoms with Crippen LogP contribution in [-0.4, -0.2) is 50.0 Å². The Balaban J connectivity index is 1.50. The first-order chi connectivity index (χ1) is 8.29. The summed E-state index contributed by atoms with van der Waals surface area (Å²) in [7, 11) is 0. The van der Waals surface area contributed by atoms with E-state index in [1.807, 2.05) is 0 Å². The van der Waals surface area contributed by atoms with Gasteiger partial charge in [-0.3, -0.25) is 4.90 Å². The maximum atomic E-state index is 5.35. The van der Waals surface area contributed by atoms with Crippen LogP contribution in [0.3, 0.4) is 0 Å². The average Bonchev–Trinajstić information content (AvgIpc) is 3.13. The van der Waals surface area contributed by atoms with Crippen LogP contribution in [0.1, 0.15) is 19.8 Å². The van der Waals surface area contributed by atoms with Gasteiger partial charge >= 0.3 is 0 Å². The summed E-state index contributed by atoms with van der Waals surface area (Å²) in [6.45, 7) is 7.64. The summed E-state index contributed by atoms with van der Waals surface area (Å²) in [5, 5.41) is 0. The zero-order valence-corrected chi connectivity index (χ0v) is 10.7. The highest BCUT2D eigenvalue weighted by atomic mass is 16.6. The molecule has 3 heteroatoms. The third kappa shape index (κ3) is 3.80. The molecule has 0 aromatic rings. The molecule has 3 rings (SSSR count). The molecule has 3 nitrogen and oxygen atoms in total. The summed E-state index contributed by atoms with van der Waals surface area (Å²) in [6, 6.07) is 0. The van der Waals surface area contributed by atoms with Gasteiger partial charge in [-0.2, -0.15) is 0 Å². The van der Waals surface area contributed by atoms with E-state index in [2.05, 4.69) is 24.0 Å². The van der Waals surface area contributed by atoms with Gasteiger partial charge in [0, 0.05) is 19.6 Å². The molecule has 0 aromatic heterocycles. The van der Waals surface area contributed by atoms with Crippen LogP contribution in [0.15, 0.2) is 12.2 Å². The topological polar surface area (TPSA) is 28.3 Å². The van der Waals surface area contributed by atoms with Crippen LogP contribution < -0.4 is 0 Å². The van der Waals surface area contributed by atoms with Gasteiger partial charge in [0.25, 0.3) is 0 Å². The summed E-state index contributed by atoms with van der Waals surface area (Å²) in [5.41, 5.74) is 0. The minimum atomic E-state index is 0.499. The van der Waals surface area contributed by atoms with Crippen molar-refractivity contribution in [2.24, 2.45) is 11.8 Å². The zero-order valence-electron chi connectivity index (χ0n) is 10.7. The Labute approximate surface area is 104 Å². The monoisotopic (exact) mass is 237 g/mol. The first-order valence-electron chi connectivity index (χ1n) is 6.92. The first kappa shape index (κ1) is 11.7. The van der Waals surface area contributed by atoms with Crippen LogP contribution in [0, 0.1) is 11.8 Å². The molecular formula is C14H23NO2. The van der Waals surface area contributed by atoms with Gasteiger partial charge in [-0.15, -0.1) is 0 Å². The number of allylic oxidation sites excluding steroid dienone is 1. The maximum absolute atomic E-state index is 5.35. The zero-order chi connectivity index (χ0) is 11.7. The summed E-state index contributed by atoms with van der Waals surface area (Å²) in [6.07, 6.45) is 8.36. The minimum absolute atomic E-state index is 0.499. The molecule has 2 fully saturated rings. The van der Waals surface area contributed by atoms with Crippen LogP contribution >= 0.6 is 0 Å². The molecule has 0 radical (unpaired) electrons. The van der Waals surface area contributed by atoms with Crippen molar-refractivity contribution in [3.8, 4) is 0 Å². The molecule has 96 valence electrons. The molecule has 0 amide bonds. The third-order valence-corrected chi connectivity index (χ3v) is 3.87. The van der Waals surface area contributed by atoms with Crippen LogP contribution in [-0.2, 0) is 9.47 Å². The van der Waals surface area contributed by atoms with Crippen molar-refractivity contribution >= 4 is 0 Å². The fraction of sp³-hybridized carbons (Fsp3) is 0.857. The van der Waals surface area contributed by atoms with Gasteiger partial charge in [-0.25, -0.2) is 0 Å². The highest BCUT2D eigenvalue weighted by Gasteiger charge is 2.31. The molecule has 0 N–H and O–H groups in total. The lowest BCUT2D eigenvalue weighted by atomic mass is 9.87. The second-order valence-electron chi connectivity index (χ2n) is 5.89. The number of nitrogens with zero attached hydrogens (tertiary/aromatic N) is 1. The van der Waals surface area contributed by atoms with Crippen molar-refractivity contribution in [1.82, 2.24) is 4.90 Å². The average molecular weight is 237 g/mol. The number of rotatable bonds is 6. The Bertz CT molecular complexity index is 270. The molecule has 0 spiro atoms. The molecule has 0 saturated carbocycles. The largest absolute Gasteiger partial charge is 0.372 e. The molecule has 0 aromatic carbocycles. The second kappa shape index (κ2) is 5.09. The van der Waals surface area contributed by atoms with E-state index in [1.54, 1.807) is 0 Å². The van der Waals surface area contributed by atoms with E-state index in [-0.39, 0.29) is 0 Å². The van der Waals surface area contributed by atoms with Crippen molar-refractivity contribution in [3.05, 3.63) is 12.2 Å². The van der Waals surface area contributed by atoms with Crippen LogP contribution in [0.2, 0.25) is 0 Å². The Kier molecular flexibility index (Phi) is 3.50. The van der Waals surface area contributed by atoms with Crippen molar-refractivity contribution < 1.29 is 9.47 Å². The maximum Gasteiger partial charge on any atom is 0.0936 e. The number of hydrogen-bond acceptors (Lipinski definition) is 3. The summed E-state index contributed by atoms with van der Waals surface area (Å²) >= 11 is 0. The van der Waals surface area contributed by atoms with Crippen LogP contribution in [0.4, 0.5) is 0 Å². The molecular weight excluding hydrogens is 214 g/mol. The third-order valence-electron chi connectivity index (χ3n) is 3.87. The van der Waals surface area contributed by atoms with Gasteiger partial charge in [0.1, 0.15) is 0 Å². The van der Waals surface area contributed by atoms with Crippen LogP contribution in [0.5, 0.6) is 0 Å². The van der Waals surface area contributed by atoms with E-state index in [0.29, 0.717) is 12.2 Å². The minimum Gasteiger partial charge on any atom is -0.372 e. The van der Waals surface area contributed by atoms with Crippen molar-refractivity contribution in [2.45, 2.75) is 32.0 Å². The highest BCUT2D eigenvalue weighted by Crippen LogP contribution is 2.25. The van der Waals surface area contributed by atoms with Crippen molar-refractivity contribution in [1.29, 1.82) is 0 Å². The van der Waals surface area contributed by atoms with E-state index >= 15 is 0 Å². The van der Waals surface area contributed by atoms with Gasteiger partial charge in [0.15, 0.2) is 0 Å². The van der Waals surface area contributed by atoms with Gasteiger partial charge in [0.2, 0.25) is 0 Å². The van der Waals surface area contributed by atoms with E-state index in [0.717, 1.165) is 38.1 Å². The second-order valence-corrected chi connectivity index (χ2v) is 5.89. The molecule has 2 heterocycles. The van der Waals surface area contributed by atoms with E-state index < -0.39 is 0 Å². The van der Waals surface area contributed by atoms with E-state index in [9.17, 15) is 0 Å². The normalized spacial score (nSPS) is 39.6. The molecule has 4 atom stereocenters. The fourth-order valence-electron chi connectivity index (χ4n) is 2.81. The van der Waals surface area contributed by atoms with Crippen molar-refractivity contribution in [3.63, 3.8) is 0 Å². The first-order valence-corrected chi connectivity index (χ1v) is 6.92. The number of hydrogen-bond donors (Lipinski definition) is 0. The van der Waals surface area contributed by atoms with E-state index in [4.69, 9.17) is 9.47 Å². The smallest absolute Gasteiger partial charge is 0.0936 e. The summed E-state index contributed by atoms with van der Waals surface area (Å²) in [5.74, 6) is 1.58. The van der Waals surface area contributed by atoms with Gasteiger partial charge in [-0.05, 0) is 24.7 Å². The molecule has 2 aliphatic heterocycles. The summed E-state index contributed by atoms with van der Waals surface area (Å²) < 4.78 is 10.7. The fourth-order valence-corrected chi connectivity index (χ4v) is 2.81. The molecule has 1 aliphatic carbocycles. The van der Waals surface area contributed by atoms with Gasteiger partial charge < -0.3 is 9.47 Å². The predicted octanol–water partition coefficient (Wildman–Crippen LogP) is 1.69. The number of ether oxygens (including phenoxy) is 2. The molecule has 4 unspecified atom stereocenters. The molecule has 2 saturated heterocycles. The Morgan fingerprint density at radius 3 is 2.29 bits per heavy atom. The van der Waals surface area contributed by atoms with Gasteiger partial charge in [-0.1, -0.05) is 19.1 Å². The molecule has 0 bridgehead atoms. The summed E-state index contributed by atoms with van der Waals surface area (Å²) in [4.78, 5) is 2.54. The van der Waals surface area contributed by atoms with Gasteiger partial charge in [0.05, 0.1) is 25.4 Å². The molecule has 17 heavy (non-hydrogen) atoms. The van der Waals surface area contributed by atoms with E-state index in [1.165, 1.54) is 19.4 Å². The quantitative estimate of drug-likeness (QED) is 0.520. The number of epoxide rings is 2. The lowest BCUT2D eigenvalue weighted by molar-refractivity contribution is 0.192. The lowest BCUT2D eigenvalue weighted by Crippen LogP contribution is -2.36. The Hall–Kier alpha value is -0.380. The highest BCUT2D eigenvalue weighted by molar-refractivity contribution is 4.97. The Morgan fingerprint density at radius 2 is 1.76 bits per heavy atom. The molecule has 3 aliphatic rings. The predicted molar refractivity (Wildman–Crippen MR) is 66.9 cm³/mol. The standard InChI is InChI=1S/C14H23NO2/c1-11-3-2-4-12(5-11)6-15(7-13-9-16-13)8-14-10-17-14/h2,4,11-14H,3,5-10H2,1H3. The van der Waals surface area contributed by atoms with Crippen molar-refractivity contribution in [2.75, 3.05) is 32.8 Å². The van der Waals surface area contributed by atoms with Crippen LogP contribution in [0.25, 0.3) is 0 Å². The Morgan fingerprint density at radius 1 is 1.12 bits per heavy atom. The lowest BCUT2D eigenvalue weighted by Gasteiger charge is -2.28.